The molecule has 2 rings (SSSR count). The quantitative estimate of drug-likeness (QED) is 0.579. The lowest BCUT2D eigenvalue weighted by Crippen LogP contribution is -2.56. The second-order valence-corrected chi connectivity index (χ2v) is 4.15. The number of rotatable bonds is 4. The summed E-state index contributed by atoms with van der Waals surface area (Å²) < 4.78 is 5.07. The first-order valence-electron chi connectivity index (χ1n) is 5.22. The Balaban J connectivity index is 2.37. The molecule has 6 heteroatoms. The van der Waals surface area contributed by atoms with Crippen LogP contribution in [-0.2, 0) is 10.2 Å². The Kier molecular flexibility index (Phi) is 3.10. The van der Waals surface area contributed by atoms with E-state index in [1.807, 2.05) is 0 Å². The Labute approximate surface area is 97.6 Å². The van der Waals surface area contributed by atoms with Crippen molar-refractivity contribution >= 4 is 5.69 Å². The second-order valence-electron chi connectivity index (χ2n) is 4.15. The van der Waals surface area contributed by atoms with Gasteiger partial charge in [0.2, 0.25) is 0 Å². The Morgan fingerprint density at radius 1 is 1.53 bits per heavy atom. The number of ether oxygens (including phenoxy) is 1. The molecule has 0 spiro atoms. The number of nitro benzene ring substituents is 1. The molecule has 0 bridgehead atoms. The van der Waals surface area contributed by atoms with Crippen LogP contribution in [0, 0.1) is 10.1 Å². The van der Waals surface area contributed by atoms with Crippen molar-refractivity contribution in [3.05, 3.63) is 39.9 Å². The van der Waals surface area contributed by atoms with E-state index in [1.165, 1.54) is 12.1 Å². The highest BCUT2D eigenvalue weighted by Gasteiger charge is 2.46. The van der Waals surface area contributed by atoms with Crippen molar-refractivity contribution in [2.24, 2.45) is 0 Å². The molecule has 0 aliphatic carbocycles. The lowest BCUT2D eigenvalue weighted by molar-refractivity contribution is -0.385. The van der Waals surface area contributed by atoms with Gasteiger partial charge in [0.05, 0.1) is 36.3 Å². The van der Waals surface area contributed by atoms with Crippen molar-refractivity contribution in [2.45, 2.75) is 11.5 Å². The number of hydrogen-bond acceptors (Lipinski definition) is 5. The normalized spacial score (nSPS) is 19.4. The van der Waals surface area contributed by atoms with Crippen LogP contribution in [0.2, 0.25) is 0 Å². The molecule has 1 aromatic rings. The van der Waals surface area contributed by atoms with Crippen LogP contribution in [0.5, 0.6) is 0 Å². The van der Waals surface area contributed by atoms with Crippen molar-refractivity contribution in [2.75, 3.05) is 19.8 Å². The number of non-ortho nitro benzene ring substituents is 1. The Hall–Kier alpha value is -1.50. The van der Waals surface area contributed by atoms with E-state index in [2.05, 4.69) is 0 Å². The largest absolute Gasteiger partial charge is 0.394 e. The summed E-state index contributed by atoms with van der Waals surface area (Å²) in [4.78, 5) is 10.2. The van der Waals surface area contributed by atoms with Crippen LogP contribution in [0.25, 0.3) is 0 Å². The predicted molar refractivity (Wildman–Crippen MR) is 58.7 cm³/mol. The van der Waals surface area contributed by atoms with Crippen molar-refractivity contribution in [1.29, 1.82) is 0 Å². The highest BCUT2D eigenvalue weighted by atomic mass is 16.6. The maximum absolute atomic E-state index is 10.7. The Bertz CT molecular complexity index is 430. The van der Waals surface area contributed by atoms with Crippen LogP contribution < -0.4 is 0 Å². The van der Waals surface area contributed by atoms with E-state index in [-0.39, 0.29) is 18.9 Å². The topological polar surface area (TPSA) is 92.8 Å². The molecular formula is C11H13NO5. The molecule has 17 heavy (non-hydrogen) atoms. The molecule has 1 heterocycles. The predicted octanol–water partition coefficient (Wildman–Crippen LogP) is 0.216. The lowest BCUT2D eigenvalue weighted by atomic mass is 9.74. The number of nitro groups is 1. The number of aliphatic hydroxyl groups is 2. The van der Waals surface area contributed by atoms with Crippen molar-refractivity contribution in [3.63, 3.8) is 0 Å². The van der Waals surface area contributed by atoms with E-state index in [1.54, 1.807) is 12.1 Å². The molecule has 1 aromatic carbocycles. The van der Waals surface area contributed by atoms with Crippen molar-refractivity contribution < 1.29 is 19.9 Å². The fraction of sp³-hybridized carbons (Fsp3) is 0.455. The molecule has 0 saturated carbocycles. The van der Waals surface area contributed by atoms with Crippen LogP contribution in [-0.4, -0.2) is 41.1 Å². The van der Waals surface area contributed by atoms with Gasteiger partial charge in [0.1, 0.15) is 0 Å². The summed E-state index contributed by atoms with van der Waals surface area (Å²) in [5.74, 6) is 0. The van der Waals surface area contributed by atoms with Gasteiger partial charge in [-0.15, -0.1) is 0 Å². The monoisotopic (exact) mass is 239 g/mol. The van der Waals surface area contributed by atoms with Gasteiger partial charge in [-0.2, -0.15) is 0 Å². The SMILES string of the molecule is O=[N+]([O-])c1cccc(C2(C(O)CO)COC2)c1. The summed E-state index contributed by atoms with van der Waals surface area (Å²) in [5, 5.41) is 29.5. The van der Waals surface area contributed by atoms with Crippen LogP contribution in [0.3, 0.4) is 0 Å². The molecule has 0 amide bonds. The molecule has 2 N–H and O–H groups in total. The third kappa shape index (κ3) is 1.90. The highest BCUT2D eigenvalue weighted by Crippen LogP contribution is 2.37. The Morgan fingerprint density at radius 3 is 2.71 bits per heavy atom. The van der Waals surface area contributed by atoms with Crippen LogP contribution in [0.4, 0.5) is 5.69 Å². The molecule has 1 unspecified atom stereocenters. The minimum atomic E-state index is -0.974. The average molecular weight is 239 g/mol. The smallest absolute Gasteiger partial charge is 0.269 e. The van der Waals surface area contributed by atoms with Gasteiger partial charge >= 0.3 is 0 Å². The van der Waals surface area contributed by atoms with E-state index in [0.717, 1.165) is 0 Å². The summed E-state index contributed by atoms with van der Waals surface area (Å²) in [6.07, 6.45) is -0.974. The van der Waals surface area contributed by atoms with Gasteiger partial charge in [-0.05, 0) is 5.56 Å². The molecule has 1 aliphatic rings. The number of nitrogens with zero attached hydrogens (tertiary/aromatic N) is 1. The second kappa shape index (κ2) is 4.40. The summed E-state index contributed by atoms with van der Waals surface area (Å²) >= 11 is 0. The molecule has 1 aliphatic heterocycles. The van der Waals surface area contributed by atoms with Gasteiger partial charge in [0.25, 0.3) is 5.69 Å². The zero-order valence-electron chi connectivity index (χ0n) is 9.07. The average Bonchev–Trinajstić information content (AvgIpc) is 2.27. The summed E-state index contributed by atoms with van der Waals surface area (Å²) in [7, 11) is 0. The summed E-state index contributed by atoms with van der Waals surface area (Å²) in [6, 6.07) is 6.08. The van der Waals surface area contributed by atoms with E-state index in [0.29, 0.717) is 5.56 Å². The molecular weight excluding hydrogens is 226 g/mol. The van der Waals surface area contributed by atoms with Gasteiger partial charge in [-0.25, -0.2) is 0 Å². The van der Waals surface area contributed by atoms with Gasteiger partial charge in [0, 0.05) is 12.1 Å². The fourth-order valence-electron chi connectivity index (χ4n) is 1.98. The molecule has 6 nitrogen and oxygen atoms in total. The zero-order valence-corrected chi connectivity index (χ0v) is 9.07. The van der Waals surface area contributed by atoms with Gasteiger partial charge in [-0.3, -0.25) is 10.1 Å². The molecule has 1 atom stereocenters. The van der Waals surface area contributed by atoms with E-state index >= 15 is 0 Å². The van der Waals surface area contributed by atoms with Gasteiger partial charge in [0.15, 0.2) is 0 Å². The molecule has 1 fully saturated rings. The third-order valence-corrected chi connectivity index (χ3v) is 3.16. The standard InChI is InChI=1S/C11H13NO5/c13-5-10(14)11(6-17-7-11)8-2-1-3-9(4-8)12(15)16/h1-4,10,13-14H,5-7H2. The first-order valence-corrected chi connectivity index (χ1v) is 5.22. The van der Waals surface area contributed by atoms with E-state index in [9.17, 15) is 15.2 Å². The molecule has 1 saturated heterocycles. The first-order chi connectivity index (χ1) is 8.10. The third-order valence-electron chi connectivity index (χ3n) is 3.16. The first kappa shape index (κ1) is 12.0. The van der Waals surface area contributed by atoms with Crippen LogP contribution in [0.15, 0.2) is 24.3 Å². The highest BCUT2D eigenvalue weighted by molar-refractivity contribution is 5.40. The fourth-order valence-corrected chi connectivity index (χ4v) is 1.98. The minimum Gasteiger partial charge on any atom is -0.394 e. The Morgan fingerprint density at radius 2 is 2.24 bits per heavy atom. The van der Waals surface area contributed by atoms with E-state index in [4.69, 9.17) is 9.84 Å². The number of benzene rings is 1. The maximum Gasteiger partial charge on any atom is 0.269 e. The molecule has 92 valence electrons. The minimum absolute atomic E-state index is 0.0288. The van der Waals surface area contributed by atoms with Crippen molar-refractivity contribution in [1.82, 2.24) is 0 Å². The van der Waals surface area contributed by atoms with Crippen LogP contribution in [0.1, 0.15) is 5.56 Å². The van der Waals surface area contributed by atoms with Gasteiger partial charge in [-0.1, -0.05) is 12.1 Å². The summed E-state index contributed by atoms with van der Waals surface area (Å²) in [5.41, 5.74) is -0.126. The number of aliphatic hydroxyl groups excluding tert-OH is 2. The van der Waals surface area contributed by atoms with Gasteiger partial charge < -0.3 is 14.9 Å². The molecule has 0 radical (unpaired) electrons. The molecule has 0 aromatic heterocycles. The number of hydrogen-bond donors (Lipinski definition) is 2. The van der Waals surface area contributed by atoms with E-state index < -0.39 is 23.0 Å². The summed E-state index contributed by atoms with van der Waals surface area (Å²) in [6.45, 7) is 0.123. The van der Waals surface area contributed by atoms with Crippen molar-refractivity contribution in [3.8, 4) is 0 Å². The maximum atomic E-state index is 10.7. The zero-order chi connectivity index (χ0) is 12.5. The lowest BCUT2D eigenvalue weighted by Gasteiger charge is -2.44. The van der Waals surface area contributed by atoms with Crippen LogP contribution >= 0.6 is 0 Å².